The minimum Gasteiger partial charge on any atom is -0.265 e. The van der Waals surface area contributed by atoms with E-state index in [0.29, 0.717) is 6.42 Å². The highest BCUT2D eigenvalue weighted by molar-refractivity contribution is 7.89. The highest BCUT2D eigenvalue weighted by Gasteiger charge is 2.16. The Hall–Kier alpha value is -1.45. The Morgan fingerprint density at radius 2 is 2.06 bits per heavy atom. The Morgan fingerprint density at radius 1 is 1.41 bits per heavy atom. The van der Waals surface area contributed by atoms with Gasteiger partial charge in [-0.2, -0.15) is 5.26 Å². The fourth-order valence-electron chi connectivity index (χ4n) is 1.30. The van der Waals surface area contributed by atoms with Gasteiger partial charge in [-0.3, -0.25) is 4.98 Å². The smallest absolute Gasteiger partial charge is 0.214 e. The fourth-order valence-corrected chi connectivity index (χ4v) is 2.47. The van der Waals surface area contributed by atoms with Gasteiger partial charge >= 0.3 is 0 Å². The molecule has 0 aromatic carbocycles. The zero-order chi connectivity index (χ0) is 12.7. The van der Waals surface area contributed by atoms with Crippen LogP contribution in [0.2, 0.25) is 0 Å². The Balaban J connectivity index is 2.53. The number of aryl methyl sites for hydroxylation is 1. The average molecular weight is 253 g/mol. The number of aromatic nitrogens is 1. The number of pyridine rings is 1. The quantitative estimate of drug-likeness (QED) is 0.751. The van der Waals surface area contributed by atoms with Crippen molar-refractivity contribution in [2.75, 3.05) is 19.3 Å². The van der Waals surface area contributed by atoms with Gasteiger partial charge in [-0.25, -0.2) is 12.7 Å². The van der Waals surface area contributed by atoms with E-state index < -0.39 is 10.0 Å². The molecule has 0 aliphatic carbocycles. The van der Waals surface area contributed by atoms with Crippen LogP contribution in [-0.4, -0.2) is 37.1 Å². The molecule has 5 nitrogen and oxygen atoms in total. The van der Waals surface area contributed by atoms with E-state index in [2.05, 4.69) is 4.98 Å². The predicted octanol–water partition coefficient (Wildman–Crippen LogP) is 0.799. The second-order valence-corrected chi connectivity index (χ2v) is 5.85. The number of nitrogens with zero attached hydrogens (tertiary/aromatic N) is 3. The van der Waals surface area contributed by atoms with Crippen molar-refractivity contribution in [3.05, 3.63) is 30.1 Å². The first-order valence-electron chi connectivity index (χ1n) is 5.26. The monoisotopic (exact) mass is 253 g/mol. The summed E-state index contributed by atoms with van der Waals surface area (Å²) in [4.78, 5) is 3.87. The van der Waals surface area contributed by atoms with Crippen molar-refractivity contribution >= 4 is 10.0 Å². The Morgan fingerprint density at radius 3 is 2.65 bits per heavy atom. The number of hydrogen-bond donors (Lipinski definition) is 0. The van der Waals surface area contributed by atoms with E-state index >= 15 is 0 Å². The molecule has 6 heteroatoms. The number of nitriles is 1. The minimum absolute atomic E-state index is 0.0545. The Bertz CT molecular complexity index is 479. The van der Waals surface area contributed by atoms with Gasteiger partial charge in [0.15, 0.2) is 0 Å². The molecule has 0 unspecified atom stereocenters. The summed E-state index contributed by atoms with van der Waals surface area (Å²) >= 11 is 0. The summed E-state index contributed by atoms with van der Waals surface area (Å²) in [6, 6.07) is 5.52. The van der Waals surface area contributed by atoms with Crippen molar-refractivity contribution in [1.29, 1.82) is 5.26 Å². The second kappa shape index (κ2) is 6.33. The van der Waals surface area contributed by atoms with E-state index in [0.717, 1.165) is 5.56 Å². The second-order valence-electron chi connectivity index (χ2n) is 3.65. The molecule has 0 radical (unpaired) electrons. The van der Waals surface area contributed by atoms with E-state index in [1.54, 1.807) is 24.5 Å². The van der Waals surface area contributed by atoms with Crippen LogP contribution in [0.1, 0.15) is 12.0 Å². The molecule has 0 fully saturated rings. The van der Waals surface area contributed by atoms with Gasteiger partial charge < -0.3 is 0 Å². The molecule has 0 spiro atoms. The first-order chi connectivity index (χ1) is 8.06. The summed E-state index contributed by atoms with van der Waals surface area (Å²) in [6.45, 7) is 0.245. The predicted molar refractivity (Wildman–Crippen MR) is 64.6 cm³/mol. The van der Waals surface area contributed by atoms with Crippen molar-refractivity contribution in [3.63, 3.8) is 0 Å². The zero-order valence-electron chi connectivity index (χ0n) is 9.70. The van der Waals surface area contributed by atoms with E-state index in [-0.39, 0.29) is 18.7 Å². The summed E-state index contributed by atoms with van der Waals surface area (Å²) in [6.07, 6.45) is 3.95. The molecular formula is C11H15N3O2S. The van der Waals surface area contributed by atoms with Gasteiger partial charge in [-0.15, -0.1) is 0 Å². The molecule has 0 aliphatic rings. The normalized spacial score (nSPS) is 11.4. The summed E-state index contributed by atoms with van der Waals surface area (Å²) in [5, 5.41) is 8.41. The van der Waals surface area contributed by atoms with E-state index in [9.17, 15) is 8.42 Å². The van der Waals surface area contributed by atoms with Gasteiger partial charge in [0.25, 0.3) is 0 Å². The highest BCUT2D eigenvalue weighted by Crippen LogP contribution is 2.04. The maximum absolute atomic E-state index is 11.8. The van der Waals surface area contributed by atoms with Crippen LogP contribution >= 0.6 is 0 Å². The lowest BCUT2D eigenvalue weighted by Crippen LogP contribution is -2.30. The van der Waals surface area contributed by atoms with Crippen LogP contribution in [0.3, 0.4) is 0 Å². The van der Waals surface area contributed by atoms with Gasteiger partial charge in [-0.1, -0.05) is 0 Å². The zero-order valence-corrected chi connectivity index (χ0v) is 10.5. The molecule has 0 bridgehead atoms. The molecular weight excluding hydrogens is 238 g/mol. The lowest BCUT2D eigenvalue weighted by Gasteiger charge is -2.15. The third-order valence-corrected chi connectivity index (χ3v) is 4.26. The van der Waals surface area contributed by atoms with E-state index in [1.807, 2.05) is 6.07 Å². The summed E-state index contributed by atoms with van der Waals surface area (Å²) in [5.74, 6) is 0.0545. The molecule has 1 aromatic rings. The SMILES string of the molecule is CN(CCC#N)S(=O)(=O)CCc1ccncc1. The average Bonchev–Trinajstić information content (AvgIpc) is 2.35. The van der Waals surface area contributed by atoms with E-state index in [1.165, 1.54) is 11.4 Å². The Kier molecular flexibility index (Phi) is 5.07. The largest absolute Gasteiger partial charge is 0.265 e. The first-order valence-corrected chi connectivity index (χ1v) is 6.87. The molecule has 1 heterocycles. The molecule has 0 saturated heterocycles. The van der Waals surface area contributed by atoms with Crippen molar-refractivity contribution in [3.8, 4) is 6.07 Å². The van der Waals surface area contributed by atoms with Gasteiger partial charge in [0.2, 0.25) is 10.0 Å². The lowest BCUT2D eigenvalue weighted by atomic mass is 10.2. The van der Waals surface area contributed by atoms with Crippen LogP contribution in [0, 0.1) is 11.3 Å². The van der Waals surface area contributed by atoms with Crippen molar-refractivity contribution < 1.29 is 8.42 Å². The van der Waals surface area contributed by atoms with Crippen molar-refractivity contribution in [2.24, 2.45) is 0 Å². The Labute approximate surface area is 102 Å². The van der Waals surface area contributed by atoms with Gasteiger partial charge in [-0.05, 0) is 24.1 Å². The molecule has 0 amide bonds. The van der Waals surface area contributed by atoms with Crippen LogP contribution in [-0.2, 0) is 16.4 Å². The summed E-state index contributed by atoms with van der Waals surface area (Å²) < 4.78 is 24.9. The molecule has 0 N–H and O–H groups in total. The molecule has 0 saturated carbocycles. The van der Waals surface area contributed by atoms with Crippen LogP contribution in [0.4, 0.5) is 0 Å². The third kappa shape index (κ3) is 4.51. The lowest BCUT2D eigenvalue weighted by molar-refractivity contribution is 0.476. The molecule has 1 aromatic heterocycles. The first kappa shape index (κ1) is 13.6. The van der Waals surface area contributed by atoms with Crippen LogP contribution in [0.5, 0.6) is 0 Å². The number of rotatable bonds is 6. The molecule has 0 aliphatic heterocycles. The van der Waals surface area contributed by atoms with Gasteiger partial charge in [0, 0.05) is 32.4 Å². The molecule has 0 atom stereocenters. The summed E-state index contributed by atoms with van der Waals surface area (Å²) in [5.41, 5.74) is 0.942. The van der Waals surface area contributed by atoms with Crippen LogP contribution < -0.4 is 0 Å². The maximum Gasteiger partial charge on any atom is 0.214 e. The minimum atomic E-state index is -3.27. The fraction of sp³-hybridized carbons (Fsp3) is 0.455. The molecule has 92 valence electrons. The van der Waals surface area contributed by atoms with Crippen molar-refractivity contribution in [1.82, 2.24) is 9.29 Å². The highest BCUT2D eigenvalue weighted by atomic mass is 32.2. The van der Waals surface area contributed by atoms with Crippen LogP contribution in [0.15, 0.2) is 24.5 Å². The molecule has 17 heavy (non-hydrogen) atoms. The topological polar surface area (TPSA) is 74.1 Å². The van der Waals surface area contributed by atoms with Gasteiger partial charge in [0.1, 0.15) is 0 Å². The number of hydrogen-bond acceptors (Lipinski definition) is 4. The summed E-state index contributed by atoms with van der Waals surface area (Å²) in [7, 11) is -1.77. The van der Waals surface area contributed by atoms with Crippen LogP contribution in [0.25, 0.3) is 0 Å². The maximum atomic E-state index is 11.8. The van der Waals surface area contributed by atoms with E-state index in [4.69, 9.17) is 5.26 Å². The van der Waals surface area contributed by atoms with Crippen molar-refractivity contribution in [2.45, 2.75) is 12.8 Å². The number of sulfonamides is 1. The molecule has 1 rings (SSSR count). The third-order valence-electron chi connectivity index (χ3n) is 2.41. The standard InChI is InChI=1S/C11H15N3O2S/c1-14(9-2-6-12)17(15,16)10-5-11-3-7-13-8-4-11/h3-4,7-8H,2,5,9-10H2,1H3. The van der Waals surface area contributed by atoms with Gasteiger partial charge in [0.05, 0.1) is 11.8 Å².